The Bertz CT molecular complexity index is 478. The van der Waals surface area contributed by atoms with Crippen molar-refractivity contribution in [1.29, 1.82) is 0 Å². The first-order chi connectivity index (χ1) is 8.65. The van der Waals surface area contributed by atoms with Gasteiger partial charge < -0.3 is 20.4 Å². The highest BCUT2D eigenvalue weighted by Crippen LogP contribution is 2.06. The molecule has 0 saturated carbocycles. The first kappa shape index (κ1) is 12.6. The number of ether oxygens (including phenoxy) is 1. The van der Waals surface area contributed by atoms with Gasteiger partial charge in [0.2, 0.25) is 5.91 Å². The van der Waals surface area contributed by atoms with Crippen molar-refractivity contribution in [2.75, 3.05) is 18.9 Å². The average molecular weight is 251 g/mol. The summed E-state index contributed by atoms with van der Waals surface area (Å²) in [5.74, 6) is -0.172. The molecule has 1 saturated heterocycles. The Kier molecular flexibility index (Phi) is 3.99. The van der Waals surface area contributed by atoms with Crippen molar-refractivity contribution < 1.29 is 9.53 Å². The summed E-state index contributed by atoms with van der Waals surface area (Å²) in [4.78, 5) is 23.3. The molecule has 18 heavy (non-hydrogen) atoms. The van der Waals surface area contributed by atoms with Crippen LogP contribution in [0.2, 0.25) is 0 Å². The number of carbonyl (C=O) groups is 1. The zero-order valence-electron chi connectivity index (χ0n) is 10.1. The maximum atomic E-state index is 11.8. The summed E-state index contributed by atoms with van der Waals surface area (Å²) in [7, 11) is 0. The van der Waals surface area contributed by atoms with E-state index in [0.717, 1.165) is 12.8 Å². The van der Waals surface area contributed by atoms with E-state index in [1.165, 1.54) is 22.9 Å². The van der Waals surface area contributed by atoms with Gasteiger partial charge in [0.05, 0.1) is 0 Å². The highest BCUT2D eigenvalue weighted by atomic mass is 16.5. The lowest BCUT2D eigenvalue weighted by Gasteiger charge is -2.23. The zero-order chi connectivity index (χ0) is 13.0. The van der Waals surface area contributed by atoms with Crippen molar-refractivity contribution in [2.45, 2.75) is 25.4 Å². The third-order valence-corrected chi connectivity index (χ3v) is 2.91. The number of aromatic nitrogens is 1. The molecule has 1 fully saturated rings. The number of anilines is 1. The first-order valence-corrected chi connectivity index (χ1v) is 5.98. The van der Waals surface area contributed by atoms with E-state index in [-0.39, 0.29) is 24.1 Å². The number of amides is 1. The summed E-state index contributed by atoms with van der Waals surface area (Å²) in [6.07, 6.45) is 3.11. The molecule has 1 aliphatic heterocycles. The van der Waals surface area contributed by atoms with Crippen LogP contribution in [0.1, 0.15) is 12.8 Å². The highest BCUT2D eigenvalue weighted by molar-refractivity contribution is 5.76. The van der Waals surface area contributed by atoms with Gasteiger partial charge in [0.15, 0.2) is 0 Å². The number of carbonyl (C=O) groups excluding carboxylic acids is 1. The minimum Gasteiger partial charge on any atom is -0.398 e. The second-order valence-corrected chi connectivity index (χ2v) is 4.38. The van der Waals surface area contributed by atoms with Gasteiger partial charge in [-0.05, 0) is 18.9 Å². The second-order valence-electron chi connectivity index (χ2n) is 4.38. The van der Waals surface area contributed by atoms with Gasteiger partial charge in [-0.15, -0.1) is 0 Å². The fourth-order valence-electron chi connectivity index (χ4n) is 1.94. The van der Waals surface area contributed by atoms with Gasteiger partial charge in [-0.2, -0.15) is 0 Å². The third kappa shape index (κ3) is 3.33. The molecule has 2 heterocycles. The van der Waals surface area contributed by atoms with Crippen LogP contribution in [0.3, 0.4) is 0 Å². The first-order valence-electron chi connectivity index (χ1n) is 5.98. The summed E-state index contributed by atoms with van der Waals surface area (Å²) in [6, 6.07) is 3.02. The van der Waals surface area contributed by atoms with Crippen molar-refractivity contribution in [3.05, 3.63) is 28.7 Å². The van der Waals surface area contributed by atoms with E-state index in [9.17, 15) is 9.59 Å². The summed E-state index contributed by atoms with van der Waals surface area (Å²) in [5, 5.41) is 2.89. The molecular formula is C12H17N3O3. The van der Waals surface area contributed by atoms with Crippen molar-refractivity contribution in [3.8, 4) is 0 Å². The molecule has 1 aliphatic rings. The Morgan fingerprint density at radius 2 is 2.17 bits per heavy atom. The van der Waals surface area contributed by atoms with E-state index in [1.807, 2.05) is 0 Å². The Balaban J connectivity index is 1.94. The standard InChI is InChI=1S/C12H17N3O3/c13-9-1-2-12(17)15(7-9)8-11(16)14-10-3-5-18-6-4-10/h1-2,7,10H,3-6,8,13H2,(H,14,16). The highest BCUT2D eigenvalue weighted by Gasteiger charge is 2.16. The number of rotatable bonds is 3. The van der Waals surface area contributed by atoms with Gasteiger partial charge in [0.1, 0.15) is 6.54 Å². The number of pyridine rings is 1. The number of hydrogen-bond donors (Lipinski definition) is 2. The molecule has 0 aromatic carbocycles. The number of nitrogens with two attached hydrogens (primary N) is 1. The molecule has 1 amide bonds. The van der Waals surface area contributed by atoms with Crippen molar-refractivity contribution in [2.24, 2.45) is 0 Å². The fourth-order valence-corrected chi connectivity index (χ4v) is 1.94. The Morgan fingerprint density at radius 3 is 2.89 bits per heavy atom. The van der Waals surface area contributed by atoms with E-state index < -0.39 is 0 Å². The topological polar surface area (TPSA) is 86.4 Å². The van der Waals surface area contributed by atoms with Crippen LogP contribution in [0.5, 0.6) is 0 Å². The number of nitrogens with one attached hydrogen (secondary N) is 1. The van der Waals surface area contributed by atoms with Gasteiger partial charge in [-0.1, -0.05) is 0 Å². The molecule has 0 radical (unpaired) electrons. The normalized spacial score (nSPS) is 16.4. The summed E-state index contributed by atoms with van der Waals surface area (Å²) in [5.41, 5.74) is 5.82. The molecule has 98 valence electrons. The average Bonchev–Trinajstić information content (AvgIpc) is 2.35. The molecule has 6 nitrogen and oxygen atoms in total. The van der Waals surface area contributed by atoms with E-state index in [4.69, 9.17) is 10.5 Å². The summed E-state index contributed by atoms with van der Waals surface area (Å²) < 4.78 is 6.52. The molecule has 0 spiro atoms. The van der Waals surface area contributed by atoms with Crippen LogP contribution in [0.25, 0.3) is 0 Å². The van der Waals surface area contributed by atoms with Crippen LogP contribution in [-0.2, 0) is 16.1 Å². The number of hydrogen-bond acceptors (Lipinski definition) is 4. The van der Waals surface area contributed by atoms with Crippen molar-refractivity contribution in [3.63, 3.8) is 0 Å². The Morgan fingerprint density at radius 1 is 1.44 bits per heavy atom. The molecular weight excluding hydrogens is 234 g/mol. The summed E-state index contributed by atoms with van der Waals surface area (Å²) >= 11 is 0. The monoisotopic (exact) mass is 251 g/mol. The Hall–Kier alpha value is -1.82. The van der Waals surface area contributed by atoms with Crippen LogP contribution in [-0.4, -0.2) is 29.7 Å². The van der Waals surface area contributed by atoms with Gasteiger partial charge >= 0.3 is 0 Å². The molecule has 6 heteroatoms. The van der Waals surface area contributed by atoms with Gasteiger partial charge in [-0.3, -0.25) is 9.59 Å². The third-order valence-electron chi connectivity index (χ3n) is 2.91. The lowest BCUT2D eigenvalue weighted by atomic mass is 10.1. The molecule has 0 bridgehead atoms. The van der Waals surface area contributed by atoms with Gasteiger partial charge in [-0.25, -0.2) is 0 Å². The SMILES string of the molecule is Nc1ccc(=O)n(CC(=O)NC2CCOCC2)c1. The molecule has 0 unspecified atom stereocenters. The quantitative estimate of drug-likeness (QED) is 0.774. The van der Waals surface area contributed by atoms with Crippen molar-refractivity contribution >= 4 is 11.6 Å². The zero-order valence-corrected chi connectivity index (χ0v) is 10.1. The number of nitrogens with zero attached hydrogens (tertiary/aromatic N) is 1. The maximum absolute atomic E-state index is 11.8. The van der Waals surface area contributed by atoms with E-state index in [2.05, 4.69) is 5.32 Å². The minimum absolute atomic E-state index is 0.00122. The molecule has 0 aliphatic carbocycles. The fraction of sp³-hybridized carbons (Fsp3) is 0.500. The van der Waals surface area contributed by atoms with Gasteiger partial charge in [0, 0.05) is 37.2 Å². The van der Waals surface area contributed by atoms with Crippen LogP contribution in [0, 0.1) is 0 Å². The van der Waals surface area contributed by atoms with Crippen molar-refractivity contribution in [1.82, 2.24) is 9.88 Å². The predicted molar refractivity (Wildman–Crippen MR) is 67.1 cm³/mol. The number of nitrogen functional groups attached to an aromatic ring is 1. The second kappa shape index (κ2) is 5.68. The molecule has 3 N–H and O–H groups in total. The molecule has 0 atom stereocenters. The van der Waals surface area contributed by atoms with Crippen LogP contribution >= 0.6 is 0 Å². The van der Waals surface area contributed by atoms with Gasteiger partial charge in [0.25, 0.3) is 5.56 Å². The summed E-state index contributed by atoms with van der Waals surface area (Å²) in [6.45, 7) is 1.34. The smallest absolute Gasteiger partial charge is 0.251 e. The van der Waals surface area contributed by atoms with Crippen LogP contribution in [0.4, 0.5) is 5.69 Å². The Labute approximate surface area is 105 Å². The van der Waals surface area contributed by atoms with E-state index in [0.29, 0.717) is 18.9 Å². The largest absolute Gasteiger partial charge is 0.398 e. The predicted octanol–water partition coefficient (Wildman–Crippen LogP) is -0.274. The molecule has 2 rings (SSSR count). The minimum atomic E-state index is -0.230. The van der Waals surface area contributed by atoms with E-state index >= 15 is 0 Å². The van der Waals surface area contributed by atoms with E-state index in [1.54, 1.807) is 0 Å². The molecule has 1 aromatic rings. The molecule has 1 aromatic heterocycles. The van der Waals surface area contributed by atoms with Crippen LogP contribution < -0.4 is 16.6 Å². The lowest BCUT2D eigenvalue weighted by Crippen LogP contribution is -2.41. The maximum Gasteiger partial charge on any atom is 0.251 e. The lowest BCUT2D eigenvalue weighted by molar-refractivity contribution is -0.123. The van der Waals surface area contributed by atoms with Crippen LogP contribution in [0.15, 0.2) is 23.1 Å².